The summed E-state index contributed by atoms with van der Waals surface area (Å²) in [6.45, 7) is 2.30. The van der Waals surface area contributed by atoms with Crippen LogP contribution < -0.4 is 16.0 Å². The molecule has 7 heteroatoms. The summed E-state index contributed by atoms with van der Waals surface area (Å²) in [7, 11) is 0. The van der Waals surface area contributed by atoms with Crippen molar-refractivity contribution in [2.45, 2.75) is 13.0 Å². The van der Waals surface area contributed by atoms with Gasteiger partial charge >= 0.3 is 0 Å². The zero-order valence-corrected chi connectivity index (χ0v) is 12.8. The summed E-state index contributed by atoms with van der Waals surface area (Å²) in [5.74, 6) is 4.58. The highest BCUT2D eigenvalue weighted by molar-refractivity contribution is 9.10. The number of hydrogen-bond acceptors (Lipinski definition) is 4. The lowest BCUT2D eigenvalue weighted by atomic mass is 9.99. The molecular weight excluding hydrogens is 344 g/mol. The van der Waals surface area contributed by atoms with Gasteiger partial charge in [0.2, 0.25) is 0 Å². The average Bonchev–Trinajstić information content (AvgIpc) is 2.43. The standard InChI is InChI=1S/C14H14BrF2N3O/c1-2-21-10-3-8(6-19-7-10)14(20-18)13-11(16)4-9(15)5-12(13)17/h3-7,14,20H,2,18H2,1H3. The number of nitrogens with one attached hydrogen (secondary N) is 1. The van der Waals surface area contributed by atoms with Crippen LogP contribution >= 0.6 is 15.9 Å². The largest absolute Gasteiger partial charge is 0.492 e. The van der Waals surface area contributed by atoms with E-state index in [-0.39, 0.29) is 5.56 Å². The Labute approximate surface area is 129 Å². The lowest BCUT2D eigenvalue weighted by Gasteiger charge is -2.19. The Morgan fingerprint density at radius 1 is 1.29 bits per heavy atom. The van der Waals surface area contributed by atoms with Gasteiger partial charge in [-0.3, -0.25) is 10.8 Å². The molecule has 0 saturated carbocycles. The van der Waals surface area contributed by atoms with Gasteiger partial charge in [0.15, 0.2) is 0 Å². The van der Waals surface area contributed by atoms with Gasteiger partial charge in [-0.2, -0.15) is 0 Å². The van der Waals surface area contributed by atoms with Gasteiger partial charge in [0, 0.05) is 16.2 Å². The number of aromatic nitrogens is 1. The molecule has 0 spiro atoms. The van der Waals surface area contributed by atoms with Crippen LogP contribution in [0.1, 0.15) is 24.1 Å². The number of nitrogens with two attached hydrogens (primary N) is 1. The molecule has 1 aromatic carbocycles. The van der Waals surface area contributed by atoms with Crippen LogP contribution in [0.15, 0.2) is 35.1 Å². The van der Waals surface area contributed by atoms with Gasteiger partial charge in [-0.05, 0) is 30.7 Å². The van der Waals surface area contributed by atoms with Gasteiger partial charge < -0.3 is 4.74 Å². The summed E-state index contributed by atoms with van der Waals surface area (Å²) in [5, 5.41) is 0. The second-order valence-electron chi connectivity index (χ2n) is 4.27. The molecule has 2 aromatic rings. The molecule has 0 aliphatic carbocycles. The van der Waals surface area contributed by atoms with E-state index >= 15 is 0 Å². The molecule has 21 heavy (non-hydrogen) atoms. The summed E-state index contributed by atoms with van der Waals surface area (Å²) in [6.07, 6.45) is 3.00. The number of ether oxygens (including phenoxy) is 1. The van der Waals surface area contributed by atoms with Crippen LogP contribution in [0.25, 0.3) is 0 Å². The topological polar surface area (TPSA) is 60.2 Å². The Bertz CT molecular complexity index is 616. The van der Waals surface area contributed by atoms with E-state index in [1.165, 1.54) is 24.5 Å². The highest BCUT2D eigenvalue weighted by Gasteiger charge is 2.22. The zero-order chi connectivity index (χ0) is 15.4. The minimum absolute atomic E-state index is 0.170. The number of pyridine rings is 1. The van der Waals surface area contributed by atoms with E-state index < -0.39 is 17.7 Å². The maximum atomic E-state index is 14.1. The van der Waals surface area contributed by atoms with E-state index in [4.69, 9.17) is 10.6 Å². The molecule has 0 amide bonds. The predicted octanol–water partition coefficient (Wildman–Crippen LogP) is 3.07. The number of hydrazine groups is 1. The summed E-state index contributed by atoms with van der Waals surface area (Å²) in [4.78, 5) is 4.00. The molecule has 1 atom stereocenters. The molecule has 1 unspecified atom stereocenters. The first kappa shape index (κ1) is 15.8. The zero-order valence-electron chi connectivity index (χ0n) is 11.2. The van der Waals surface area contributed by atoms with E-state index in [1.54, 1.807) is 6.07 Å². The number of nitrogens with zero attached hydrogens (tertiary/aromatic N) is 1. The number of rotatable bonds is 5. The fourth-order valence-electron chi connectivity index (χ4n) is 2.01. The fraction of sp³-hybridized carbons (Fsp3) is 0.214. The maximum absolute atomic E-state index is 14.1. The molecule has 4 nitrogen and oxygen atoms in total. The van der Waals surface area contributed by atoms with Crippen LogP contribution in [-0.4, -0.2) is 11.6 Å². The van der Waals surface area contributed by atoms with Crippen LogP contribution in [0, 0.1) is 11.6 Å². The highest BCUT2D eigenvalue weighted by Crippen LogP contribution is 2.29. The van der Waals surface area contributed by atoms with Crippen LogP contribution in [-0.2, 0) is 0 Å². The van der Waals surface area contributed by atoms with Gasteiger partial charge in [-0.25, -0.2) is 14.2 Å². The molecule has 2 rings (SSSR count). The Kier molecular flexibility index (Phi) is 5.22. The summed E-state index contributed by atoms with van der Waals surface area (Å²) < 4.78 is 33.8. The molecule has 0 fully saturated rings. The molecule has 0 radical (unpaired) electrons. The van der Waals surface area contributed by atoms with Crippen molar-refractivity contribution in [3.05, 3.63) is 57.8 Å². The van der Waals surface area contributed by atoms with Crippen molar-refractivity contribution in [2.75, 3.05) is 6.61 Å². The van der Waals surface area contributed by atoms with Crippen molar-refractivity contribution in [3.63, 3.8) is 0 Å². The SMILES string of the molecule is CCOc1cncc(C(NN)c2c(F)cc(Br)cc2F)c1. The Hall–Kier alpha value is -1.57. The lowest BCUT2D eigenvalue weighted by molar-refractivity contribution is 0.338. The van der Waals surface area contributed by atoms with E-state index in [9.17, 15) is 8.78 Å². The smallest absolute Gasteiger partial charge is 0.137 e. The highest BCUT2D eigenvalue weighted by atomic mass is 79.9. The molecular formula is C14H14BrF2N3O. The molecule has 1 aromatic heterocycles. The van der Waals surface area contributed by atoms with Crippen molar-refractivity contribution in [3.8, 4) is 5.75 Å². The summed E-state index contributed by atoms with van der Waals surface area (Å²) in [6, 6.07) is 3.14. The average molecular weight is 358 g/mol. The van der Waals surface area contributed by atoms with Crippen LogP contribution in [0.5, 0.6) is 5.75 Å². The Morgan fingerprint density at radius 2 is 1.95 bits per heavy atom. The van der Waals surface area contributed by atoms with E-state index in [0.717, 1.165) is 0 Å². The minimum Gasteiger partial charge on any atom is -0.492 e. The summed E-state index contributed by atoms with van der Waals surface area (Å²) >= 11 is 3.04. The molecule has 0 aliphatic heterocycles. The van der Waals surface area contributed by atoms with Gasteiger partial charge in [-0.1, -0.05) is 15.9 Å². The van der Waals surface area contributed by atoms with E-state index in [2.05, 4.69) is 26.3 Å². The molecule has 0 aliphatic rings. The van der Waals surface area contributed by atoms with Crippen molar-refractivity contribution < 1.29 is 13.5 Å². The number of benzene rings is 1. The van der Waals surface area contributed by atoms with Gasteiger partial charge in [0.05, 0.1) is 18.8 Å². The summed E-state index contributed by atoms with van der Waals surface area (Å²) in [5.41, 5.74) is 2.75. The molecule has 112 valence electrons. The molecule has 0 bridgehead atoms. The lowest BCUT2D eigenvalue weighted by Crippen LogP contribution is -2.30. The molecule has 0 saturated heterocycles. The third-order valence-corrected chi connectivity index (χ3v) is 3.34. The van der Waals surface area contributed by atoms with E-state index in [1.807, 2.05) is 6.92 Å². The van der Waals surface area contributed by atoms with Gasteiger partial charge in [0.25, 0.3) is 0 Å². The first-order chi connectivity index (χ1) is 10.1. The molecule has 3 N–H and O–H groups in total. The molecule has 1 heterocycles. The Morgan fingerprint density at radius 3 is 2.52 bits per heavy atom. The first-order valence-electron chi connectivity index (χ1n) is 6.25. The van der Waals surface area contributed by atoms with E-state index in [0.29, 0.717) is 22.4 Å². The van der Waals surface area contributed by atoms with Crippen molar-refractivity contribution in [1.29, 1.82) is 0 Å². The number of hydrogen-bond donors (Lipinski definition) is 2. The third-order valence-electron chi connectivity index (χ3n) is 2.88. The normalized spacial score (nSPS) is 12.2. The van der Waals surface area contributed by atoms with Crippen LogP contribution in [0.2, 0.25) is 0 Å². The fourth-order valence-corrected chi connectivity index (χ4v) is 2.42. The Balaban J connectivity index is 2.47. The van der Waals surface area contributed by atoms with Crippen LogP contribution in [0.4, 0.5) is 8.78 Å². The maximum Gasteiger partial charge on any atom is 0.137 e. The first-order valence-corrected chi connectivity index (χ1v) is 7.04. The van der Waals surface area contributed by atoms with Crippen molar-refractivity contribution >= 4 is 15.9 Å². The number of halogens is 3. The third kappa shape index (κ3) is 3.55. The van der Waals surface area contributed by atoms with Crippen molar-refractivity contribution in [2.24, 2.45) is 5.84 Å². The van der Waals surface area contributed by atoms with Crippen LogP contribution in [0.3, 0.4) is 0 Å². The second-order valence-corrected chi connectivity index (χ2v) is 5.19. The minimum atomic E-state index is -0.869. The quantitative estimate of drug-likeness (QED) is 0.637. The van der Waals surface area contributed by atoms with Gasteiger partial charge in [0.1, 0.15) is 17.4 Å². The predicted molar refractivity (Wildman–Crippen MR) is 78.6 cm³/mol. The second kappa shape index (κ2) is 6.93. The van der Waals surface area contributed by atoms with Gasteiger partial charge in [-0.15, -0.1) is 0 Å². The van der Waals surface area contributed by atoms with Crippen molar-refractivity contribution in [1.82, 2.24) is 10.4 Å². The monoisotopic (exact) mass is 357 g/mol.